The number of rotatable bonds is 14. The molecule has 0 aliphatic rings. The van der Waals surface area contributed by atoms with Crippen LogP contribution in [0.3, 0.4) is 0 Å². The summed E-state index contributed by atoms with van der Waals surface area (Å²) < 4.78 is 25.3. The molecule has 0 heterocycles. The molecule has 0 saturated heterocycles. The van der Waals surface area contributed by atoms with E-state index in [9.17, 15) is 0 Å². The molecule has 65 heavy (non-hydrogen) atoms. The number of hydrogen-bond donors (Lipinski definition) is 0. The van der Waals surface area contributed by atoms with E-state index in [4.69, 9.17) is 18.9 Å². The van der Waals surface area contributed by atoms with E-state index in [1.165, 1.54) is 0 Å². The number of para-hydroxylation sites is 4. The van der Waals surface area contributed by atoms with Crippen molar-refractivity contribution in [2.24, 2.45) is 0 Å². The zero-order chi connectivity index (χ0) is 43.6. The van der Waals surface area contributed by atoms with Gasteiger partial charge >= 0.3 is 0 Å². The molecule has 0 bridgehead atoms. The summed E-state index contributed by atoms with van der Waals surface area (Å²) in [6.07, 6.45) is 0.669. The van der Waals surface area contributed by atoms with Gasteiger partial charge in [-0.05, 0) is 171 Å². The van der Waals surface area contributed by atoms with E-state index in [2.05, 4.69) is 109 Å². The minimum absolute atomic E-state index is 0.669. The Hall–Kier alpha value is -8.60. The number of benzene rings is 10. The maximum atomic E-state index is 6.31. The molecule has 4 heteroatoms. The molecule has 0 fully saturated rings. The van der Waals surface area contributed by atoms with Gasteiger partial charge in [-0.2, -0.15) is 0 Å². The lowest BCUT2D eigenvalue weighted by atomic mass is 9.91. The Morgan fingerprint density at radius 1 is 0.185 bits per heavy atom. The van der Waals surface area contributed by atoms with Crippen LogP contribution in [-0.2, 0) is 6.42 Å². The monoisotopic (exact) mass is 840 g/mol. The fourth-order valence-corrected chi connectivity index (χ4v) is 7.95. The molecule has 0 aliphatic carbocycles. The van der Waals surface area contributed by atoms with Crippen LogP contribution in [0.5, 0.6) is 46.0 Å². The van der Waals surface area contributed by atoms with Crippen LogP contribution >= 0.6 is 0 Å². The highest BCUT2D eigenvalue weighted by Crippen LogP contribution is 2.37. The summed E-state index contributed by atoms with van der Waals surface area (Å²) in [5.74, 6) is 6.25. The minimum Gasteiger partial charge on any atom is -0.457 e. The van der Waals surface area contributed by atoms with Crippen LogP contribution in [0, 0.1) is 0 Å². The molecule has 10 rings (SSSR count). The molecule has 312 valence electrons. The Bertz CT molecular complexity index is 2740. The lowest BCUT2D eigenvalue weighted by Gasteiger charge is -2.15. The Morgan fingerprint density at radius 3 is 0.662 bits per heavy atom. The predicted octanol–water partition coefficient (Wildman–Crippen LogP) is 17.1. The maximum Gasteiger partial charge on any atom is 0.128 e. The third kappa shape index (κ3) is 10.4. The highest BCUT2D eigenvalue weighted by molar-refractivity contribution is 5.78. The molecule has 0 spiro atoms. The van der Waals surface area contributed by atoms with Crippen LogP contribution < -0.4 is 18.9 Å². The van der Waals surface area contributed by atoms with Crippen molar-refractivity contribution in [2.45, 2.75) is 6.42 Å². The van der Waals surface area contributed by atoms with Crippen LogP contribution in [0.25, 0.3) is 44.5 Å². The van der Waals surface area contributed by atoms with Crippen LogP contribution in [-0.4, -0.2) is 0 Å². The smallest absolute Gasteiger partial charge is 0.128 e. The first-order valence-electron chi connectivity index (χ1n) is 21.7. The van der Waals surface area contributed by atoms with Gasteiger partial charge in [-0.1, -0.05) is 146 Å². The standard InChI is InChI=1S/C61H44O4/c1-5-21-54(22-6-1)62-58-29-13-17-46(40-58)50-34-44(35-51(38-50)47-18-14-30-59(41-47)63-55-23-7-2-8-24-55)33-45-36-52(48-19-15-31-60(42-48)64-56-25-9-3-10-26-56)39-53(37-45)49-20-16-32-61(43-49)65-57-27-11-4-12-28-57/h1-32,34-43H,33H2. The van der Waals surface area contributed by atoms with Crippen LogP contribution in [0.1, 0.15) is 11.1 Å². The lowest BCUT2D eigenvalue weighted by molar-refractivity contribution is 0.482. The molecule has 0 radical (unpaired) electrons. The van der Waals surface area contributed by atoms with Gasteiger partial charge in [-0.25, -0.2) is 0 Å². The SMILES string of the molecule is c1ccc(Oc2cccc(-c3cc(Cc4cc(-c5cccc(Oc6ccccc6)c5)cc(-c5cccc(Oc6ccccc6)c5)c4)cc(-c4cccc(Oc5ccccc5)c4)c3)c2)cc1. The van der Waals surface area contributed by atoms with Crippen molar-refractivity contribution in [3.63, 3.8) is 0 Å². The summed E-state index contributed by atoms with van der Waals surface area (Å²) in [4.78, 5) is 0. The number of hydrogen-bond acceptors (Lipinski definition) is 4. The van der Waals surface area contributed by atoms with Gasteiger partial charge in [0.1, 0.15) is 46.0 Å². The summed E-state index contributed by atoms with van der Waals surface area (Å²) in [7, 11) is 0. The van der Waals surface area contributed by atoms with Crippen molar-refractivity contribution in [1.29, 1.82) is 0 Å². The zero-order valence-corrected chi connectivity index (χ0v) is 35.6. The topological polar surface area (TPSA) is 36.9 Å². The third-order valence-corrected chi connectivity index (χ3v) is 11.0. The molecule has 0 unspecified atom stereocenters. The molecule has 0 amide bonds. The molecule has 0 aliphatic heterocycles. The van der Waals surface area contributed by atoms with E-state index < -0.39 is 0 Å². The second-order valence-corrected chi connectivity index (χ2v) is 15.8. The van der Waals surface area contributed by atoms with Crippen molar-refractivity contribution in [1.82, 2.24) is 0 Å². The summed E-state index contributed by atoms with van der Waals surface area (Å²) in [6.45, 7) is 0. The third-order valence-electron chi connectivity index (χ3n) is 11.0. The van der Waals surface area contributed by atoms with Crippen molar-refractivity contribution in [3.05, 3.63) is 266 Å². The second kappa shape index (κ2) is 19.2. The van der Waals surface area contributed by atoms with Crippen molar-refractivity contribution >= 4 is 0 Å². The first-order chi connectivity index (χ1) is 32.1. The van der Waals surface area contributed by atoms with E-state index in [0.29, 0.717) is 6.42 Å². The summed E-state index contributed by atoms with van der Waals surface area (Å²) in [6, 6.07) is 86.5. The second-order valence-electron chi connectivity index (χ2n) is 15.8. The zero-order valence-electron chi connectivity index (χ0n) is 35.6. The Morgan fingerprint density at radius 2 is 0.415 bits per heavy atom. The van der Waals surface area contributed by atoms with Gasteiger partial charge < -0.3 is 18.9 Å². The van der Waals surface area contributed by atoms with Gasteiger partial charge in [0.05, 0.1) is 0 Å². The van der Waals surface area contributed by atoms with Gasteiger partial charge in [0.25, 0.3) is 0 Å². The van der Waals surface area contributed by atoms with Gasteiger partial charge in [0.2, 0.25) is 0 Å². The van der Waals surface area contributed by atoms with Gasteiger partial charge in [-0.3, -0.25) is 0 Å². The van der Waals surface area contributed by atoms with Crippen molar-refractivity contribution in [3.8, 4) is 90.5 Å². The largest absolute Gasteiger partial charge is 0.457 e. The quantitative estimate of drug-likeness (QED) is 0.109. The maximum absolute atomic E-state index is 6.31. The van der Waals surface area contributed by atoms with Gasteiger partial charge in [-0.15, -0.1) is 0 Å². The summed E-state index contributed by atoms with van der Waals surface area (Å²) in [5, 5.41) is 0. The first kappa shape index (κ1) is 40.5. The van der Waals surface area contributed by atoms with Crippen LogP contribution in [0.2, 0.25) is 0 Å². The Labute approximate surface area is 380 Å². The average Bonchev–Trinajstić information content (AvgIpc) is 3.35. The van der Waals surface area contributed by atoms with E-state index in [1.807, 2.05) is 146 Å². The average molecular weight is 841 g/mol. The molecule has 4 nitrogen and oxygen atoms in total. The molecule has 10 aromatic carbocycles. The highest BCUT2D eigenvalue weighted by atomic mass is 16.5. The fourth-order valence-electron chi connectivity index (χ4n) is 7.95. The Kier molecular flexibility index (Phi) is 12.0. The summed E-state index contributed by atoms with van der Waals surface area (Å²) in [5.41, 5.74) is 10.9. The van der Waals surface area contributed by atoms with Crippen molar-refractivity contribution in [2.75, 3.05) is 0 Å². The van der Waals surface area contributed by atoms with E-state index in [0.717, 1.165) is 102 Å². The molecular formula is C61H44O4. The highest BCUT2D eigenvalue weighted by Gasteiger charge is 2.13. The molecular weight excluding hydrogens is 797 g/mol. The molecule has 10 aromatic rings. The van der Waals surface area contributed by atoms with Crippen molar-refractivity contribution < 1.29 is 18.9 Å². The summed E-state index contributed by atoms with van der Waals surface area (Å²) >= 11 is 0. The van der Waals surface area contributed by atoms with E-state index in [-0.39, 0.29) is 0 Å². The molecule has 0 saturated carbocycles. The predicted molar refractivity (Wildman–Crippen MR) is 263 cm³/mol. The van der Waals surface area contributed by atoms with Crippen LogP contribution in [0.4, 0.5) is 0 Å². The lowest BCUT2D eigenvalue weighted by Crippen LogP contribution is -1.95. The first-order valence-corrected chi connectivity index (χ1v) is 21.7. The Balaban J connectivity index is 1.06. The molecule has 0 N–H and O–H groups in total. The fraction of sp³-hybridized carbons (Fsp3) is 0.0164. The van der Waals surface area contributed by atoms with E-state index in [1.54, 1.807) is 0 Å². The molecule has 0 aromatic heterocycles. The van der Waals surface area contributed by atoms with E-state index >= 15 is 0 Å². The van der Waals surface area contributed by atoms with Gasteiger partial charge in [0, 0.05) is 0 Å². The number of ether oxygens (including phenoxy) is 4. The molecule has 0 atom stereocenters. The van der Waals surface area contributed by atoms with Gasteiger partial charge in [0.15, 0.2) is 0 Å². The minimum atomic E-state index is 0.669. The van der Waals surface area contributed by atoms with Crippen LogP contribution in [0.15, 0.2) is 255 Å². The normalized spacial score (nSPS) is 10.8.